The van der Waals surface area contributed by atoms with E-state index in [4.69, 9.17) is 4.74 Å². The summed E-state index contributed by atoms with van der Waals surface area (Å²) in [5, 5.41) is 0. The van der Waals surface area contributed by atoms with E-state index in [-0.39, 0.29) is 0 Å². The summed E-state index contributed by atoms with van der Waals surface area (Å²) in [4.78, 5) is 0. The third-order valence-corrected chi connectivity index (χ3v) is 3.76. The lowest BCUT2D eigenvalue weighted by atomic mass is 9.48. The van der Waals surface area contributed by atoms with E-state index in [2.05, 4.69) is 6.92 Å². The first-order valence-electron chi connectivity index (χ1n) is 4.32. The maximum Gasteiger partial charge on any atom is 0.0632 e. The van der Waals surface area contributed by atoms with Crippen LogP contribution in [0, 0.1) is 11.3 Å². The van der Waals surface area contributed by atoms with E-state index in [9.17, 15) is 0 Å². The van der Waals surface area contributed by atoms with Gasteiger partial charge in [-0.25, -0.2) is 0 Å². The van der Waals surface area contributed by atoms with E-state index in [0.29, 0.717) is 11.5 Å². The third-order valence-electron chi connectivity index (χ3n) is 3.76. The average molecular weight is 140 g/mol. The fourth-order valence-electron chi connectivity index (χ4n) is 2.68. The average Bonchev–Trinajstić information content (AvgIpc) is 1.78. The highest BCUT2D eigenvalue weighted by Crippen LogP contribution is 2.60. The molecule has 2 aliphatic carbocycles. The van der Waals surface area contributed by atoms with Gasteiger partial charge in [-0.2, -0.15) is 0 Å². The molecule has 0 bridgehead atoms. The molecule has 0 heterocycles. The molecular weight excluding hydrogens is 124 g/mol. The van der Waals surface area contributed by atoms with Crippen LogP contribution < -0.4 is 0 Å². The smallest absolute Gasteiger partial charge is 0.0632 e. The van der Waals surface area contributed by atoms with Crippen LogP contribution in [-0.2, 0) is 4.74 Å². The van der Waals surface area contributed by atoms with E-state index in [0.717, 1.165) is 5.92 Å². The lowest BCUT2D eigenvalue weighted by Crippen LogP contribution is -2.56. The number of methoxy groups -OCH3 is 1. The van der Waals surface area contributed by atoms with Crippen LogP contribution in [0.2, 0.25) is 0 Å². The minimum absolute atomic E-state index is 0.608. The zero-order valence-corrected chi connectivity index (χ0v) is 6.89. The highest BCUT2D eigenvalue weighted by molar-refractivity contribution is 5.06. The summed E-state index contributed by atoms with van der Waals surface area (Å²) in [5.74, 6) is 0.936. The second kappa shape index (κ2) is 1.97. The van der Waals surface area contributed by atoms with Crippen molar-refractivity contribution in [2.24, 2.45) is 11.3 Å². The molecule has 0 aromatic heterocycles. The normalized spacial score (nSPS) is 42.6. The van der Waals surface area contributed by atoms with Gasteiger partial charge in [-0.05, 0) is 30.6 Å². The molecule has 1 spiro atoms. The Labute approximate surface area is 62.8 Å². The Morgan fingerprint density at radius 3 is 2.30 bits per heavy atom. The minimum Gasteiger partial charge on any atom is -0.381 e. The molecule has 0 unspecified atom stereocenters. The van der Waals surface area contributed by atoms with E-state index in [1.807, 2.05) is 7.11 Å². The lowest BCUT2D eigenvalue weighted by molar-refractivity contribution is -0.178. The van der Waals surface area contributed by atoms with Gasteiger partial charge < -0.3 is 4.74 Å². The molecule has 2 saturated carbocycles. The predicted molar refractivity (Wildman–Crippen MR) is 40.9 cm³/mol. The Hall–Kier alpha value is -0.0400. The van der Waals surface area contributed by atoms with Gasteiger partial charge in [0.2, 0.25) is 0 Å². The summed E-state index contributed by atoms with van der Waals surface area (Å²) in [6.45, 7) is 2.37. The SMILES string of the molecule is CO[C@@H]1C[C@H](C)C12CCC2. The van der Waals surface area contributed by atoms with Crippen molar-refractivity contribution >= 4 is 0 Å². The Kier molecular flexibility index (Phi) is 1.31. The first-order valence-corrected chi connectivity index (χ1v) is 4.32. The van der Waals surface area contributed by atoms with Gasteiger partial charge in [0.15, 0.2) is 0 Å². The zero-order chi connectivity index (χ0) is 7.19. The van der Waals surface area contributed by atoms with Crippen LogP contribution in [0.1, 0.15) is 32.6 Å². The van der Waals surface area contributed by atoms with Gasteiger partial charge in [0, 0.05) is 7.11 Å². The summed E-state index contributed by atoms with van der Waals surface area (Å²) < 4.78 is 5.41. The van der Waals surface area contributed by atoms with E-state index < -0.39 is 0 Å². The maximum absolute atomic E-state index is 5.41. The summed E-state index contributed by atoms with van der Waals surface area (Å²) in [7, 11) is 1.86. The minimum atomic E-state index is 0.608. The highest BCUT2D eigenvalue weighted by atomic mass is 16.5. The van der Waals surface area contributed by atoms with Gasteiger partial charge in [-0.15, -0.1) is 0 Å². The second-order valence-electron chi connectivity index (χ2n) is 3.95. The summed E-state index contributed by atoms with van der Waals surface area (Å²) in [6.07, 6.45) is 6.19. The molecule has 2 rings (SSSR count). The Morgan fingerprint density at radius 1 is 1.40 bits per heavy atom. The molecule has 2 atom stereocenters. The molecule has 2 aliphatic rings. The zero-order valence-electron chi connectivity index (χ0n) is 6.89. The topological polar surface area (TPSA) is 9.23 Å². The van der Waals surface area contributed by atoms with Crippen LogP contribution >= 0.6 is 0 Å². The van der Waals surface area contributed by atoms with E-state index in [1.54, 1.807) is 0 Å². The summed E-state index contributed by atoms with van der Waals surface area (Å²) >= 11 is 0. The largest absolute Gasteiger partial charge is 0.381 e. The fraction of sp³-hybridized carbons (Fsp3) is 1.00. The molecule has 0 saturated heterocycles. The quantitative estimate of drug-likeness (QED) is 0.542. The van der Waals surface area contributed by atoms with Crippen molar-refractivity contribution in [2.45, 2.75) is 38.7 Å². The first kappa shape index (κ1) is 6.66. The highest BCUT2D eigenvalue weighted by Gasteiger charge is 2.56. The van der Waals surface area contributed by atoms with Gasteiger partial charge in [0.25, 0.3) is 0 Å². The molecule has 0 aliphatic heterocycles. The molecular formula is C9H16O. The van der Waals surface area contributed by atoms with Crippen molar-refractivity contribution in [3.05, 3.63) is 0 Å². The monoisotopic (exact) mass is 140 g/mol. The fourth-order valence-corrected chi connectivity index (χ4v) is 2.68. The molecule has 0 N–H and O–H groups in total. The number of hydrogen-bond donors (Lipinski definition) is 0. The van der Waals surface area contributed by atoms with Crippen molar-refractivity contribution in [2.75, 3.05) is 7.11 Å². The molecule has 1 heteroatoms. The van der Waals surface area contributed by atoms with Crippen LogP contribution in [0.15, 0.2) is 0 Å². The van der Waals surface area contributed by atoms with Crippen LogP contribution in [-0.4, -0.2) is 13.2 Å². The molecule has 0 aromatic carbocycles. The van der Waals surface area contributed by atoms with Gasteiger partial charge >= 0.3 is 0 Å². The summed E-state index contributed by atoms with van der Waals surface area (Å²) in [6, 6.07) is 0. The molecule has 10 heavy (non-hydrogen) atoms. The standard InChI is InChI=1S/C9H16O/c1-7-6-8(10-2)9(7)4-3-5-9/h7-8H,3-6H2,1-2H3/t7-,8+/m0/s1. The van der Waals surface area contributed by atoms with Crippen molar-refractivity contribution < 1.29 is 4.74 Å². The van der Waals surface area contributed by atoms with Crippen molar-refractivity contribution in [1.29, 1.82) is 0 Å². The Balaban J connectivity index is 2.03. The van der Waals surface area contributed by atoms with Crippen LogP contribution in [0.5, 0.6) is 0 Å². The van der Waals surface area contributed by atoms with Gasteiger partial charge in [-0.1, -0.05) is 13.3 Å². The van der Waals surface area contributed by atoms with Crippen LogP contribution in [0.25, 0.3) is 0 Å². The second-order valence-corrected chi connectivity index (χ2v) is 3.95. The number of hydrogen-bond acceptors (Lipinski definition) is 1. The van der Waals surface area contributed by atoms with Crippen molar-refractivity contribution in [1.82, 2.24) is 0 Å². The lowest BCUT2D eigenvalue weighted by Gasteiger charge is -2.60. The van der Waals surface area contributed by atoms with Crippen molar-refractivity contribution in [3.63, 3.8) is 0 Å². The van der Waals surface area contributed by atoms with Gasteiger partial charge in [-0.3, -0.25) is 0 Å². The maximum atomic E-state index is 5.41. The third kappa shape index (κ3) is 0.572. The first-order chi connectivity index (χ1) is 4.79. The number of ether oxygens (including phenoxy) is 1. The van der Waals surface area contributed by atoms with Gasteiger partial charge in [0.05, 0.1) is 6.10 Å². The molecule has 58 valence electrons. The molecule has 0 aromatic rings. The molecule has 1 nitrogen and oxygen atoms in total. The Bertz CT molecular complexity index is 138. The summed E-state index contributed by atoms with van der Waals surface area (Å²) in [5.41, 5.74) is 0.648. The Morgan fingerprint density at radius 2 is 2.10 bits per heavy atom. The molecule has 2 fully saturated rings. The van der Waals surface area contributed by atoms with Crippen LogP contribution in [0.4, 0.5) is 0 Å². The molecule has 0 radical (unpaired) electrons. The molecule has 0 amide bonds. The van der Waals surface area contributed by atoms with Crippen LogP contribution in [0.3, 0.4) is 0 Å². The predicted octanol–water partition coefficient (Wildman–Crippen LogP) is 2.21. The number of rotatable bonds is 1. The van der Waals surface area contributed by atoms with Crippen molar-refractivity contribution in [3.8, 4) is 0 Å². The van der Waals surface area contributed by atoms with E-state index in [1.165, 1.54) is 25.7 Å². The van der Waals surface area contributed by atoms with E-state index >= 15 is 0 Å². The van der Waals surface area contributed by atoms with Gasteiger partial charge in [0.1, 0.15) is 0 Å².